The van der Waals surface area contributed by atoms with Crippen LogP contribution in [0.4, 0.5) is 0 Å². The maximum atomic E-state index is 12.1. The van der Waals surface area contributed by atoms with Crippen molar-refractivity contribution in [3.63, 3.8) is 0 Å². The number of carbonyl (C=O) groups excluding carboxylic acids is 1. The van der Waals surface area contributed by atoms with Crippen LogP contribution in [0.3, 0.4) is 0 Å². The first kappa shape index (κ1) is 17.7. The Bertz CT molecular complexity index is 298. The predicted molar refractivity (Wildman–Crippen MR) is 82.0 cm³/mol. The molecule has 0 spiro atoms. The molecule has 2 aliphatic rings. The van der Waals surface area contributed by atoms with Crippen molar-refractivity contribution < 1.29 is 9.53 Å². The summed E-state index contributed by atoms with van der Waals surface area (Å²) in [6.45, 7) is 5.89. The van der Waals surface area contributed by atoms with Gasteiger partial charge in [-0.3, -0.25) is 9.69 Å². The Kier molecular flexibility index (Phi) is 7.80. The highest BCUT2D eigenvalue weighted by atomic mass is 35.5. The minimum Gasteiger partial charge on any atom is -0.381 e. The fourth-order valence-electron chi connectivity index (χ4n) is 3.21. The number of ether oxygens (including phenoxy) is 1. The quantitative estimate of drug-likeness (QED) is 0.805. The molecule has 0 bridgehead atoms. The zero-order chi connectivity index (χ0) is 13.7. The summed E-state index contributed by atoms with van der Waals surface area (Å²) in [5.74, 6) is 0.731. The Morgan fingerprint density at radius 1 is 1.35 bits per heavy atom. The van der Waals surface area contributed by atoms with Crippen LogP contribution >= 0.6 is 12.4 Å². The lowest BCUT2D eigenvalue weighted by Crippen LogP contribution is -2.53. The van der Waals surface area contributed by atoms with Crippen LogP contribution in [0, 0.1) is 5.92 Å². The van der Waals surface area contributed by atoms with Gasteiger partial charge in [0.2, 0.25) is 5.91 Å². The van der Waals surface area contributed by atoms with Crippen molar-refractivity contribution in [1.29, 1.82) is 0 Å². The Balaban J connectivity index is 0.00000200. The van der Waals surface area contributed by atoms with Crippen molar-refractivity contribution >= 4 is 18.3 Å². The molecule has 0 radical (unpaired) electrons. The smallest absolute Gasteiger partial charge is 0.234 e. The van der Waals surface area contributed by atoms with E-state index in [9.17, 15) is 4.79 Å². The van der Waals surface area contributed by atoms with Gasteiger partial charge in [0.15, 0.2) is 0 Å². The number of hydrogen-bond acceptors (Lipinski definition) is 4. The van der Waals surface area contributed by atoms with E-state index in [-0.39, 0.29) is 18.3 Å². The van der Waals surface area contributed by atoms with E-state index in [0.29, 0.717) is 31.1 Å². The molecule has 0 aromatic carbocycles. The van der Waals surface area contributed by atoms with E-state index in [4.69, 9.17) is 10.5 Å². The lowest BCUT2D eigenvalue weighted by molar-refractivity contribution is -0.124. The Hall–Kier alpha value is -0.360. The molecule has 5 nitrogen and oxygen atoms in total. The molecule has 2 aliphatic heterocycles. The summed E-state index contributed by atoms with van der Waals surface area (Å²) in [4.78, 5) is 14.4. The topological polar surface area (TPSA) is 67.6 Å². The second-order valence-corrected chi connectivity index (χ2v) is 5.85. The molecule has 2 saturated heterocycles. The number of halogens is 1. The Morgan fingerprint density at radius 3 is 2.70 bits per heavy atom. The zero-order valence-electron chi connectivity index (χ0n) is 12.3. The first-order valence-corrected chi connectivity index (χ1v) is 7.52. The van der Waals surface area contributed by atoms with E-state index in [1.54, 1.807) is 0 Å². The molecular weight excluding hydrogens is 278 g/mol. The molecular formula is C14H28ClN3O2. The maximum Gasteiger partial charge on any atom is 0.234 e. The van der Waals surface area contributed by atoms with Gasteiger partial charge in [0.05, 0.1) is 6.54 Å². The third-order valence-corrected chi connectivity index (χ3v) is 4.41. The number of likely N-dealkylation sites (tertiary alicyclic amines) is 1. The molecule has 2 heterocycles. The average molecular weight is 306 g/mol. The van der Waals surface area contributed by atoms with Crippen LogP contribution in [-0.2, 0) is 9.53 Å². The fourth-order valence-corrected chi connectivity index (χ4v) is 3.21. The largest absolute Gasteiger partial charge is 0.381 e. The summed E-state index contributed by atoms with van der Waals surface area (Å²) in [7, 11) is 0. The maximum absolute atomic E-state index is 12.1. The Morgan fingerprint density at radius 2 is 2.05 bits per heavy atom. The normalized spacial score (nSPS) is 28.7. The van der Waals surface area contributed by atoms with Gasteiger partial charge in [-0.2, -0.15) is 0 Å². The first-order chi connectivity index (χ1) is 9.20. The predicted octanol–water partition coefficient (Wildman–Crippen LogP) is 0.763. The lowest BCUT2D eigenvalue weighted by atomic mass is 9.91. The van der Waals surface area contributed by atoms with Crippen molar-refractivity contribution in [3.05, 3.63) is 0 Å². The number of piperidine rings is 1. The number of nitrogens with two attached hydrogens (primary N) is 1. The summed E-state index contributed by atoms with van der Waals surface area (Å²) >= 11 is 0. The van der Waals surface area contributed by atoms with Gasteiger partial charge in [-0.1, -0.05) is 6.92 Å². The van der Waals surface area contributed by atoms with Crippen LogP contribution in [0.5, 0.6) is 0 Å². The fraction of sp³-hybridized carbons (Fsp3) is 0.929. The summed E-state index contributed by atoms with van der Waals surface area (Å²) in [5, 5.41) is 3.12. The monoisotopic (exact) mass is 305 g/mol. The van der Waals surface area contributed by atoms with E-state index in [0.717, 1.165) is 32.6 Å². The van der Waals surface area contributed by atoms with Crippen LogP contribution in [0.1, 0.15) is 32.6 Å². The van der Waals surface area contributed by atoms with Gasteiger partial charge in [0, 0.05) is 31.8 Å². The average Bonchev–Trinajstić information content (AvgIpc) is 2.40. The summed E-state index contributed by atoms with van der Waals surface area (Å²) in [5.41, 5.74) is 5.85. The molecule has 3 N–H and O–H groups in total. The molecule has 6 heteroatoms. The summed E-state index contributed by atoms with van der Waals surface area (Å²) in [6, 6.07) is 0.647. The van der Waals surface area contributed by atoms with Crippen molar-refractivity contribution in [1.82, 2.24) is 10.2 Å². The standard InChI is InChI=1S/C14H27N3O2.ClH/c1-11-3-2-6-17(13(11)9-15)10-14(18)16-12-4-7-19-8-5-12;/h11-13H,2-10,15H2,1H3,(H,16,18);1H. The first-order valence-electron chi connectivity index (χ1n) is 7.52. The van der Waals surface area contributed by atoms with Crippen molar-refractivity contribution in [3.8, 4) is 0 Å². The molecule has 2 fully saturated rings. The van der Waals surface area contributed by atoms with Gasteiger partial charge in [0.25, 0.3) is 0 Å². The highest BCUT2D eigenvalue weighted by molar-refractivity contribution is 5.85. The van der Waals surface area contributed by atoms with Gasteiger partial charge in [-0.15, -0.1) is 12.4 Å². The number of rotatable bonds is 4. The van der Waals surface area contributed by atoms with Crippen LogP contribution in [0.2, 0.25) is 0 Å². The number of nitrogens with zero attached hydrogens (tertiary/aromatic N) is 1. The molecule has 118 valence electrons. The third kappa shape index (κ3) is 4.88. The second kappa shape index (κ2) is 8.82. The molecule has 0 saturated carbocycles. The molecule has 20 heavy (non-hydrogen) atoms. The second-order valence-electron chi connectivity index (χ2n) is 5.85. The van der Waals surface area contributed by atoms with E-state index in [1.807, 2.05) is 0 Å². The highest BCUT2D eigenvalue weighted by Gasteiger charge is 2.29. The number of carbonyl (C=O) groups is 1. The van der Waals surface area contributed by atoms with E-state index >= 15 is 0 Å². The van der Waals surface area contributed by atoms with E-state index < -0.39 is 0 Å². The molecule has 0 aromatic rings. The van der Waals surface area contributed by atoms with Gasteiger partial charge >= 0.3 is 0 Å². The summed E-state index contributed by atoms with van der Waals surface area (Å²) in [6.07, 6.45) is 4.26. The van der Waals surface area contributed by atoms with E-state index in [2.05, 4.69) is 17.1 Å². The molecule has 2 atom stereocenters. The van der Waals surface area contributed by atoms with Gasteiger partial charge in [-0.05, 0) is 38.1 Å². The van der Waals surface area contributed by atoms with Gasteiger partial charge in [-0.25, -0.2) is 0 Å². The zero-order valence-corrected chi connectivity index (χ0v) is 13.2. The van der Waals surface area contributed by atoms with Gasteiger partial charge in [0.1, 0.15) is 0 Å². The van der Waals surface area contributed by atoms with E-state index in [1.165, 1.54) is 12.8 Å². The molecule has 0 aromatic heterocycles. The SMILES string of the molecule is CC1CCCN(CC(=O)NC2CCOCC2)C1CN.Cl. The molecule has 1 amide bonds. The number of hydrogen-bond donors (Lipinski definition) is 2. The van der Waals surface area contributed by atoms with Crippen LogP contribution < -0.4 is 11.1 Å². The number of amides is 1. The lowest BCUT2D eigenvalue weighted by Gasteiger charge is -2.39. The molecule has 2 rings (SSSR count). The van der Waals surface area contributed by atoms with Crippen LogP contribution in [0.25, 0.3) is 0 Å². The van der Waals surface area contributed by atoms with Crippen LogP contribution in [-0.4, -0.2) is 55.7 Å². The van der Waals surface area contributed by atoms with Crippen molar-refractivity contribution in [2.75, 3.05) is 32.8 Å². The minimum atomic E-state index is 0. The Labute approximate surface area is 128 Å². The summed E-state index contributed by atoms with van der Waals surface area (Å²) < 4.78 is 5.30. The highest BCUT2D eigenvalue weighted by Crippen LogP contribution is 2.22. The van der Waals surface area contributed by atoms with Gasteiger partial charge < -0.3 is 15.8 Å². The van der Waals surface area contributed by atoms with Crippen molar-refractivity contribution in [2.24, 2.45) is 11.7 Å². The van der Waals surface area contributed by atoms with Crippen molar-refractivity contribution in [2.45, 2.75) is 44.7 Å². The van der Waals surface area contributed by atoms with Crippen LogP contribution in [0.15, 0.2) is 0 Å². The molecule has 2 unspecified atom stereocenters. The third-order valence-electron chi connectivity index (χ3n) is 4.41. The number of nitrogens with one attached hydrogen (secondary N) is 1. The molecule has 0 aliphatic carbocycles. The minimum absolute atomic E-state index is 0.